The van der Waals surface area contributed by atoms with Gasteiger partial charge in [-0.05, 0) is 44.1 Å². The summed E-state index contributed by atoms with van der Waals surface area (Å²) in [4.78, 5) is 2.34. The largest absolute Gasteiger partial charge is 0.387 e. The summed E-state index contributed by atoms with van der Waals surface area (Å²) >= 11 is 12.1. The Morgan fingerprint density at radius 3 is 2.90 bits per heavy atom. The predicted molar refractivity (Wildman–Crippen MR) is 84.5 cm³/mol. The first-order valence-electron chi connectivity index (χ1n) is 7.02. The Kier molecular flexibility index (Phi) is 5.70. The molecule has 0 aromatic heterocycles. The molecule has 0 aliphatic carbocycles. The Morgan fingerprint density at radius 2 is 2.20 bits per heavy atom. The van der Waals surface area contributed by atoms with E-state index in [4.69, 9.17) is 23.2 Å². The van der Waals surface area contributed by atoms with Crippen LogP contribution in [0.4, 0.5) is 0 Å². The molecule has 1 heterocycles. The number of rotatable bonds is 4. The summed E-state index contributed by atoms with van der Waals surface area (Å²) in [6.45, 7) is 4.92. The van der Waals surface area contributed by atoms with Gasteiger partial charge in [-0.1, -0.05) is 30.1 Å². The van der Waals surface area contributed by atoms with Crippen molar-refractivity contribution in [3.63, 3.8) is 0 Å². The van der Waals surface area contributed by atoms with Crippen LogP contribution in [-0.4, -0.2) is 42.7 Å². The fourth-order valence-corrected chi connectivity index (χ4v) is 3.22. The molecule has 2 rings (SSSR count). The van der Waals surface area contributed by atoms with Gasteiger partial charge in [0.25, 0.3) is 0 Å². The Bertz CT molecular complexity index is 455. The quantitative estimate of drug-likeness (QED) is 0.896. The summed E-state index contributed by atoms with van der Waals surface area (Å²) in [5.74, 6) is 0.579. The van der Waals surface area contributed by atoms with Gasteiger partial charge in [-0.2, -0.15) is 0 Å². The number of hydrogen-bond donors (Lipinski definition) is 2. The molecule has 5 heteroatoms. The number of nitrogens with zero attached hydrogens (tertiary/aromatic N) is 1. The maximum absolute atomic E-state index is 10.3. The van der Waals surface area contributed by atoms with E-state index in [1.807, 2.05) is 0 Å². The van der Waals surface area contributed by atoms with E-state index in [1.54, 1.807) is 18.2 Å². The first-order chi connectivity index (χ1) is 9.47. The molecule has 20 heavy (non-hydrogen) atoms. The van der Waals surface area contributed by atoms with E-state index in [2.05, 4.69) is 24.2 Å². The molecule has 3 nitrogen and oxygen atoms in total. The fraction of sp³-hybridized carbons (Fsp3) is 0.600. The number of aliphatic hydroxyl groups excluding tert-OH is 1. The SMILES string of the molecule is CC1CN(C)CCC1NCC(O)c1cc(Cl)ccc1Cl. The Labute approximate surface area is 130 Å². The van der Waals surface area contributed by atoms with Gasteiger partial charge in [0.05, 0.1) is 6.10 Å². The Balaban J connectivity index is 1.92. The lowest BCUT2D eigenvalue weighted by Crippen LogP contribution is -2.47. The van der Waals surface area contributed by atoms with Gasteiger partial charge < -0.3 is 15.3 Å². The molecule has 0 spiro atoms. The number of aliphatic hydroxyl groups is 1. The van der Waals surface area contributed by atoms with Crippen LogP contribution in [0, 0.1) is 5.92 Å². The summed E-state index contributed by atoms with van der Waals surface area (Å²) in [7, 11) is 2.15. The lowest BCUT2D eigenvalue weighted by atomic mass is 9.94. The van der Waals surface area contributed by atoms with Crippen molar-refractivity contribution in [1.29, 1.82) is 0 Å². The van der Waals surface area contributed by atoms with E-state index in [0.717, 1.165) is 19.5 Å². The smallest absolute Gasteiger partial charge is 0.0929 e. The molecule has 1 saturated heterocycles. The molecule has 1 aromatic carbocycles. The molecule has 1 aliphatic heterocycles. The maximum Gasteiger partial charge on any atom is 0.0929 e. The summed E-state index contributed by atoms with van der Waals surface area (Å²) in [5.41, 5.74) is 0.687. The number of likely N-dealkylation sites (tertiary alicyclic amines) is 1. The van der Waals surface area contributed by atoms with Crippen LogP contribution in [0.3, 0.4) is 0 Å². The first kappa shape index (κ1) is 16.1. The number of piperidine rings is 1. The second-order valence-electron chi connectivity index (χ2n) is 5.72. The monoisotopic (exact) mass is 316 g/mol. The normalized spacial score (nSPS) is 25.6. The molecule has 0 radical (unpaired) electrons. The van der Waals surface area contributed by atoms with Crippen LogP contribution in [0.25, 0.3) is 0 Å². The van der Waals surface area contributed by atoms with Crippen LogP contribution in [0.1, 0.15) is 25.0 Å². The van der Waals surface area contributed by atoms with Gasteiger partial charge in [0.2, 0.25) is 0 Å². The summed E-state index contributed by atoms with van der Waals surface area (Å²) in [6, 6.07) is 5.63. The van der Waals surface area contributed by atoms with Crippen LogP contribution in [0.15, 0.2) is 18.2 Å². The van der Waals surface area contributed by atoms with Gasteiger partial charge in [0.15, 0.2) is 0 Å². The Hall–Kier alpha value is -0.320. The van der Waals surface area contributed by atoms with Crippen molar-refractivity contribution in [2.75, 3.05) is 26.7 Å². The molecule has 3 unspecified atom stereocenters. The predicted octanol–water partition coefficient (Wildman–Crippen LogP) is 2.96. The number of nitrogens with one attached hydrogen (secondary N) is 1. The highest BCUT2D eigenvalue weighted by Gasteiger charge is 2.24. The topological polar surface area (TPSA) is 35.5 Å². The third-order valence-electron chi connectivity index (χ3n) is 4.00. The average Bonchev–Trinajstić information content (AvgIpc) is 2.40. The third kappa shape index (κ3) is 4.09. The average molecular weight is 317 g/mol. The third-order valence-corrected chi connectivity index (χ3v) is 4.58. The number of hydrogen-bond acceptors (Lipinski definition) is 3. The molecule has 112 valence electrons. The molecule has 3 atom stereocenters. The molecular formula is C15H22Cl2N2O. The highest BCUT2D eigenvalue weighted by molar-refractivity contribution is 6.33. The van der Waals surface area contributed by atoms with Crippen LogP contribution in [0.2, 0.25) is 10.0 Å². The number of halogens is 2. The van der Waals surface area contributed by atoms with Gasteiger partial charge in [0.1, 0.15) is 0 Å². The van der Waals surface area contributed by atoms with Crippen molar-refractivity contribution in [3.8, 4) is 0 Å². The van der Waals surface area contributed by atoms with E-state index >= 15 is 0 Å². The number of benzene rings is 1. The standard InChI is InChI=1S/C15H22Cl2N2O/c1-10-9-19(2)6-5-14(10)18-8-15(20)12-7-11(16)3-4-13(12)17/h3-4,7,10,14-15,18,20H,5-6,8-9H2,1-2H3. The second-order valence-corrected chi connectivity index (χ2v) is 6.57. The van der Waals surface area contributed by atoms with Crippen molar-refractivity contribution in [2.24, 2.45) is 5.92 Å². The van der Waals surface area contributed by atoms with Crippen molar-refractivity contribution >= 4 is 23.2 Å². The van der Waals surface area contributed by atoms with Crippen LogP contribution in [0.5, 0.6) is 0 Å². The molecule has 1 aromatic rings. The van der Waals surface area contributed by atoms with Crippen molar-refractivity contribution < 1.29 is 5.11 Å². The molecule has 0 amide bonds. The zero-order chi connectivity index (χ0) is 14.7. The molecule has 0 saturated carbocycles. The highest BCUT2D eigenvalue weighted by Crippen LogP contribution is 2.26. The fourth-order valence-electron chi connectivity index (χ4n) is 2.80. The van der Waals surface area contributed by atoms with Gasteiger partial charge >= 0.3 is 0 Å². The minimum absolute atomic E-state index is 0.443. The summed E-state index contributed by atoms with van der Waals surface area (Å²) < 4.78 is 0. The van der Waals surface area contributed by atoms with Gasteiger partial charge in [-0.15, -0.1) is 0 Å². The highest BCUT2D eigenvalue weighted by atomic mass is 35.5. The van der Waals surface area contributed by atoms with E-state index < -0.39 is 6.10 Å². The van der Waals surface area contributed by atoms with E-state index in [1.165, 1.54) is 0 Å². The summed E-state index contributed by atoms with van der Waals surface area (Å²) in [5, 5.41) is 14.9. The molecule has 1 aliphatic rings. The van der Waals surface area contributed by atoms with Crippen LogP contribution in [-0.2, 0) is 0 Å². The van der Waals surface area contributed by atoms with Crippen molar-refractivity contribution in [3.05, 3.63) is 33.8 Å². The zero-order valence-corrected chi connectivity index (χ0v) is 13.5. The zero-order valence-electron chi connectivity index (χ0n) is 11.9. The molecule has 1 fully saturated rings. The lowest BCUT2D eigenvalue weighted by molar-refractivity contribution is 0.137. The lowest BCUT2D eigenvalue weighted by Gasteiger charge is -2.35. The molecular weight excluding hydrogens is 295 g/mol. The molecule has 2 N–H and O–H groups in total. The maximum atomic E-state index is 10.3. The first-order valence-corrected chi connectivity index (χ1v) is 7.78. The Morgan fingerprint density at radius 1 is 1.45 bits per heavy atom. The minimum atomic E-state index is -0.631. The minimum Gasteiger partial charge on any atom is -0.387 e. The molecule has 0 bridgehead atoms. The van der Waals surface area contributed by atoms with E-state index in [9.17, 15) is 5.11 Å². The van der Waals surface area contributed by atoms with Crippen molar-refractivity contribution in [2.45, 2.75) is 25.5 Å². The van der Waals surface area contributed by atoms with E-state index in [-0.39, 0.29) is 0 Å². The van der Waals surface area contributed by atoms with Crippen LogP contribution >= 0.6 is 23.2 Å². The van der Waals surface area contributed by atoms with Gasteiger partial charge in [-0.3, -0.25) is 0 Å². The van der Waals surface area contributed by atoms with E-state index in [0.29, 0.717) is 34.1 Å². The second kappa shape index (κ2) is 7.10. The van der Waals surface area contributed by atoms with Crippen molar-refractivity contribution in [1.82, 2.24) is 10.2 Å². The van der Waals surface area contributed by atoms with Gasteiger partial charge in [-0.25, -0.2) is 0 Å². The van der Waals surface area contributed by atoms with Gasteiger partial charge in [0, 0.05) is 34.7 Å². The van der Waals surface area contributed by atoms with Crippen LogP contribution < -0.4 is 5.32 Å². The summed E-state index contributed by atoms with van der Waals surface area (Å²) in [6.07, 6.45) is 0.473.